The molecule has 0 bridgehead atoms. The average molecular weight is 410 g/mol. The molecule has 0 fully saturated rings. The van der Waals surface area contributed by atoms with Gasteiger partial charge in [0.2, 0.25) is 5.91 Å². The van der Waals surface area contributed by atoms with Gasteiger partial charge in [-0.05, 0) is 25.0 Å². The molecule has 0 saturated heterocycles. The lowest BCUT2D eigenvalue weighted by Gasteiger charge is -2.10. The summed E-state index contributed by atoms with van der Waals surface area (Å²) in [6.45, 7) is 0. The molecule has 3 N–H and O–H groups in total. The van der Waals surface area contributed by atoms with E-state index in [0.29, 0.717) is 12.2 Å². The number of anilines is 1. The number of thioether (sulfide) groups is 1. The summed E-state index contributed by atoms with van der Waals surface area (Å²) in [5.74, 6) is -1.09. The van der Waals surface area contributed by atoms with Crippen LogP contribution in [0.3, 0.4) is 0 Å². The summed E-state index contributed by atoms with van der Waals surface area (Å²) >= 11 is 1.43. The molecule has 0 aromatic heterocycles. The molecular formula is C21H31NO5S. The number of carbonyl (C=O) groups is 3. The molecule has 0 saturated carbocycles. The highest BCUT2D eigenvalue weighted by atomic mass is 32.2. The molecule has 28 heavy (non-hydrogen) atoms. The van der Waals surface area contributed by atoms with E-state index in [4.69, 9.17) is 10.2 Å². The topological polar surface area (TPSA) is 104 Å². The number of carboxylic acid groups (broad SMARTS) is 2. The van der Waals surface area contributed by atoms with Gasteiger partial charge in [0.25, 0.3) is 0 Å². The van der Waals surface area contributed by atoms with Gasteiger partial charge in [-0.3, -0.25) is 14.4 Å². The van der Waals surface area contributed by atoms with E-state index in [1.54, 1.807) is 0 Å². The standard InChI is InChI=1S/C21H31NO5S/c23-19(13-7-5-3-1-2-4-6-8-14-20(24)25)22-17-11-9-10-12-18(17)28-16-15-21(26)27/h9-12H,1-8,13-16H2,(H,22,23)(H,24,25)(H,26,27). The van der Waals surface area contributed by atoms with Gasteiger partial charge in [0, 0.05) is 23.5 Å². The van der Waals surface area contributed by atoms with Crippen molar-refractivity contribution in [3.8, 4) is 0 Å². The van der Waals surface area contributed by atoms with E-state index < -0.39 is 11.9 Å². The highest BCUT2D eigenvalue weighted by Crippen LogP contribution is 2.27. The molecule has 1 aromatic rings. The summed E-state index contributed by atoms with van der Waals surface area (Å²) < 4.78 is 0. The molecule has 0 aliphatic heterocycles. The molecule has 0 heterocycles. The molecule has 1 amide bonds. The van der Waals surface area contributed by atoms with Crippen molar-refractivity contribution in [2.45, 2.75) is 75.5 Å². The van der Waals surface area contributed by atoms with Crippen LogP contribution in [0.5, 0.6) is 0 Å². The maximum Gasteiger partial charge on any atom is 0.304 e. The number of amides is 1. The SMILES string of the molecule is O=C(O)CCCCCCCCCCC(=O)Nc1ccccc1SCCC(=O)O. The predicted octanol–water partition coefficient (Wildman–Crippen LogP) is 5.18. The molecule has 156 valence electrons. The van der Waals surface area contributed by atoms with Crippen molar-refractivity contribution in [1.29, 1.82) is 0 Å². The van der Waals surface area contributed by atoms with Crippen LogP contribution in [0.2, 0.25) is 0 Å². The van der Waals surface area contributed by atoms with Crippen molar-refractivity contribution in [2.75, 3.05) is 11.1 Å². The minimum Gasteiger partial charge on any atom is -0.481 e. The third-order valence-electron chi connectivity index (χ3n) is 4.28. The van der Waals surface area contributed by atoms with E-state index in [1.807, 2.05) is 24.3 Å². The second-order valence-electron chi connectivity index (χ2n) is 6.76. The number of rotatable bonds is 16. The maximum atomic E-state index is 12.1. The van der Waals surface area contributed by atoms with Crippen molar-refractivity contribution in [2.24, 2.45) is 0 Å². The first-order valence-electron chi connectivity index (χ1n) is 9.94. The summed E-state index contributed by atoms with van der Waals surface area (Å²) in [6.07, 6.45) is 8.82. The zero-order valence-electron chi connectivity index (χ0n) is 16.3. The summed E-state index contributed by atoms with van der Waals surface area (Å²) in [5, 5.41) is 20.2. The van der Waals surface area contributed by atoms with Crippen LogP contribution in [-0.2, 0) is 14.4 Å². The summed E-state index contributed by atoms with van der Waals surface area (Å²) in [7, 11) is 0. The molecule has 0 aliphatic rings. The number of carboxylic acids is 2. The Morgan fingerprint density at radius 1 is 0.750 bits per heavy atom. The highest BCUT2D eigenvalue weighted by Gasteiger charge is 2.08. The van der Waals surface area contributed by atoms with Gasteiger partial charge in [-0.1, -0.05) is 50.7 Å². The zero-order valence-corrected chi connectivity index (χ0v) is 17.1. The van der Waals surface area contributed by atoms with E-state index in [0.717, 1.165) is 61.9 Å². The van der Waals surface area contributed by atoms with E-state index in [9.17, 15) is 14.4 Å². The molecule has 1 rings (SSSR count). The molecule has 0 radical (unpaired) electrons. The van der Waals surface area contributed by atoms with Crippen LogP contribution in [0.15, 0.2) is 29.2 Å². The number of aliphatic carboxylic acids is 2. The van der Waals surface area contributed by atoms with Crippen LogP contribution in [0.4, 0.5) is 5.69 Å². The van der Waals surface area contributed by atoms with Gasteiger partial charge in [-0.15, -0.1) is 11.8 Å². The minimum atomic E-state index is -0.825. The fourth-order valence-electron chi connectivity index (χ4n) is 2.78. The van der Waals surface area contributed by atoms with Crippen molar-refractivity contribution >= 4 is 35.3 Å². The summed E-state index contributed by atoms with van der Waals surface area (Å²) in [5.41, 5.74) is 0.740. The fourth-order valence-corrected chi connectivity index (χ4v) is 3.73. The number of carbonyl (C=O) groups excluding carboxylic acids is 1. The lowest BCUT2D eigenvalue weighted by molar-refractivity contribution is -0.137. The molecule has 6 nitrogen and oxygen atoms in total. The number of benzene rings is 1. The first-order valence-corrected chi connectivity index (χ1v) is 10.9. The zero-order chi connectivity index (χ0) is 20.6. The largest absolute Gasteiger partial charge is 0.481 e. The van der Waals surface area contributed by atoms with E-state index in [1.165, 1.54) is 11.8 Å². The fraction of sp³-hybridized carbons (Fsp3) is 0.571. The number of hydrogen-bond acceptors (Lipinski definition) is 4. The first kappa shape index (κ1) is 24.0. The van der Waals surface area contributed by atoms with Gasteiger partial charge in [0.05, 0.1) is 12.1 Å². The molecule has 0 atom stereocenters. The quantitative estimate of drug-likeness (QED) is 0.257. The Bertz CT molecular complexity index is 621. The second kappa shape index (κ2) is 15.0. The smallest absolute Gasteiger partial charge is 0.304 e. The van der Waals surface area contributed by atoms with Crippen molar-refractivity contribution in [3.05, 3.63) is 24.3 Å². The lowest BCUT2D eigenvalue weighted by atomic mass is 10.1. The number of nitrogens with one attached hydrogen (secondary N) is 1. The third kappa shape index (κ3) is 12.4. The molecule has 1 aromatic carbocycles. The van der Waals surface area contributed by atoms with Crippen molar-refractivity contribution in [3.63, 3.8) is 0 Å². The van der Waals surface area contributed by atoms with Gasteiger partial charge >= 0.3 is 11.9 Å². The number of para-hydroxylation sites is 1. The molecular weight excluding hydrogens is 378 g/mol. The average Bonchev–Trinajstić information content (AvgIpc) is 2.64. The Labute approximate surface area is 171 Å². The van der Waals surface area contributed by atoms with E-state index in [-0.39, 0.29) is 18.7 Å². The van der Waals surface area contributed by atoms with E-state index >= 15 is 0 Å². The van der Waals surface area contributed by atoms with Crippen molar-refractivity contribution in [1.82, 2.24) is 0 Å². The monoisotopic (exact) mass is 409 g/mol. The Hall–Kier alpha value is -2.02. The van der Waals surface area contributed by atoms with Gasteiger partial charge in [0.15, 0.2) is 0 Å². The van der Waals surface area contributed by atoms with Crippen LogP contribution in [-0.4, -0.2) is 33.8 Å². The Morgan fingerprint density at radius 3 is 1.89 bits per heavy atom. The summed E-state index contributed by atoms with van der Waals surface area (Å²) in [6, 6.07) is 7.46. The Balaban J connectivity index is 2.13. The second-order valence-corrected chi connectivity index (χ2v) is 7.90. The normalized spacial score (nSPS) is 10.6. The number of hydrogen-bond donors (Lipinski definition) is 3. The van der Waals surface area contributed by atoms with Gasteiger partial charge in [-0.2, -0.15) is 0 Å². The van der Waals surface area contributed by atoms with Gasteiger partial charge in [0.1, 0.15) is 0 Å². The van der Waals surface area contributed by atoms with Crippen molar-refractivity contribution < 1.29 is 24.6 Å². The maximum absolute atomic E-state index is 12.1. The molecule has 7 heteroatoms. The number of unbranched alkanes of at least 4 members (excludes halogenated alkanes) is 7. The predicted molar refractivity (Wildman–Crippen MR) is 112 cm³/mol. The van der Waals surface area contributed by atoms with Crippen LogP contribution < -0.4 is 5.32 Å². The highest BCUT2D eigenvalue weighted by molar-refractivity contribution is 7.99. The summed E-state index contributed by atoms with van der Waals surface area (Å²) in [4.78, 5) is 34.1. The molecule has 0 unspecified atom stereocenters. The first-order chi connectivity index (χ1) is 13.5. The van der Waals surface area contributed by atoms with Gasteiger partial charge in [-0.25, -0.2) is 0 Å². The lowest BCUT2D eigenvalue weighted by Crippen LogP contribution is -2.11. The Kier molecular flexibility index (Phi) is 12.8. The molecule has 0 aliphatic carbocycles. The van der Waals surface area contributed by atoms with E-state index in [2.05, 4.69) is 5.32 Å². The Morgan fingerprint density at radius 2 is 1.29 bits per heavy atom. The van der Waals surface area contributed by atoms with Crippen LogP contribution in [0.1, 0.15) is 70.6 Å². The minimum absolute atomic E-state index is 0.0139. The third-order valence-corrected chi connectivity index (χ3v) is 5.35. The molecule has 0 spiro atoms. The van der Waals surface area contributed by atoms with Gasteiger partial charge < -0.3 is 15.5 Å². The van der Waals surface area contributed by atoms with Crippen LogP contribution in [0.25, 0.3) is 0 Å². The van der Waals surface area contributed by atoms with Crippen LogP contribution >= 0.6 is 11.8 Å². The van der Waals surface area contributed by atoms with Crippen LogP contribution in [0, 0.1) is 0 Å².